The minimum atomic E-state index is -1.37. The van der Waals surface area contributed by atoms with E-state index in [1.807, 2.05) is 0 Å². The van der Waals surface area contributed by atoms with Crippen LogP contribution in [0.1, 0.15) is 10.4 Å². The summed E-state index contributed by atoms with van der Waals surface area (Å²) in [5.41, 5.74) is -0.431. The van der Waals surface area contributed by atoms with Crippen molar-refractivity contribution < 1.29 is 14.8 Å². The molecule has 1 heterocycles. The van der Waals surface area contributed by atoms with E-state index < -0.39 is 22.3 Å². The molecule has 7 heteroatoms. The van der Waals surface area contributed by atoms with Crippen LogP contribution in [0, 0.1) is 10.1 Å². The predicted molar refractivity (Wildman–Crippen MR) is 45.6 cm³/mol. The van der Waals surface area contributed by atoms with Crippen LogP contribution in [-0.4, -0.2) is 21.0 Å². The highest BCUT2D eigenvalue weighted by Gasteiger charge is 2.21. The molecule has 0 radical (unpaired) electrons. The summed E-state index contributed by atoms with van der Waals surface area (Å²) >= 11 is 2.97. The minimum absolute atomic E-state index is 0.385. The summed E-state index contributed by atoms with van der Waals surface area (Å²) in [6.07, 6.45) is 1.17. The zero-order chi connectivity index (χ0) is 10.0. The van der Waals surface area contributed by atoms with Gasteiger partial charge in [0.05, 0.1) is 4.47 Å². The van der Waals surface area contributed by atoms with E-state index in [0.717, 1.165) is 6.07 Å². The fourth-order valence-electron chi connectivity index (χ4n) is 0.735. The van der Waals surface area contributed by atoms with Crippen LogP contribution in [0.15, 0.2) is 16.7 Å². The molecule has 0 aliphatic carbocycles. The highest BCUT2D eigenvalue weighted by molar-refractivity contribution is 9.10. The normalized spacial score (nSPS) is 9.62. The second kappa shape index (κ2) is 3.48. The Morgan fingerprint density at radius 3 is 2.77 bits per heavy atom. The van der Waals surface area contributed by atoms with Gasteiger partial charge in [-0.1, -0.05) is 0 Å². The first kappa shape index (κ1) is 9.59. The summed E-state index contributed by atoms with van der Waals surface area (Å²) in [6, 6.07) is 1.13. The van der Waals surface area contributed by atoms with Crippen molar-refractivity contribution in [2.75, 3.05) is 0 Å². The number of aromatic carboxylic acids is 1. The number of carboxylic acids is 1. The lowest BCUT2D eigenvalue weighted by molar-refractivity contribution is -0.389. The highest BCUT2D eigenvalue weighted by Crippen LogP contribution is 2.19. The maximum absolute atomic E-state index is 10.5. The van der Waals surface area contributed by atoms with E-state index in [0.29, 0.717) is 4.47 Å². The maximum atomic E-state index is 10.5. The van der Waals surface area contributed by atoms with Crippen LogP contribution in [0.4, 0.5) is 5.82 Å². The quantitative estimate of drug-likeness (QED) is 0.630. The maximum Gasteiger partial charge on any atom is 0.378 e. The zero-order valence-corrected chi connectivity index (χ0v) is 7.69. The Labute approximate surface area is 80.5 Å². The molecular weight excluding hydrogens is 244 g/mol. The van der Waals surface area contributed by atoms with Gasteiger partial charge >= 0.3 is 11.8 Å². The molecular formula is C6H3BrN2O4. The van der Waals surface area contributed by atoms with E-state index in [1.165, 1.54) is 6.20 Å². The molecule has 0 saturated heterocycles. The van der Waals surface area contributed by atoms with Gasteiger partial charge in [0.2, 0.25) is 0 Å². The van der Waals surface area contributed by atoms with Gasteiger partial charge in [-0.2, -0.15) is 0 Å². The summed E-state index contributed by atoms with van der Waals surface area (Å²) in [5.74, 6) is -2.03. The molecule has 1 aromatic rings. The van der Waals surface area contributed by atoms with Gasteiger partial charge in [0.25, 0.3) is 0 Å². The first-order valence-electron chi connectivity index (χ1n) is 3.05. The number of hydrogen-bond acceptors (Lipinski definition) is 4. The Morgan fingerprint density at radius 1 is 1.69 bits per heavy atom. The fraction of sp³-hybridized carbons (Fsp3) is 0. The van der Waals surface area contributed by atoms with Gasteiger partial charge in [-0.3, -0.25) is 0 Å². The second-order valence-electron chi connectivity index (χ2n) is 2.09. The summed E-state index contributed by atoms with van der Waals surface area (Å²) in [4.78, 5) is 23.3. The van der Waals surface area contributed by atoms with E-state index in [2.05, 4.69) is 20.9 Å². The molecule has 0 amide bonds. The number of aromatic nitrogens is 1. The summed E-state index contributed by atoms with van der Waals surface area (Å²) in [6.45, 7) is 0. The fourth-order valence-corrected chi connectivity index (χ4v) is 1.07. The number of halogens is 1. The molecule has 6 nitrogen and oxygen atoms in total. The van der Waals surface area contributed by atoms with Crippen molar-refractivity contribution in [1.29, 1.82) is 0 Å². The van der Waals surface area contributed by atoms with Crippen molar-refractivity contribution in [3.8, 4) is 0 Å². The smallest absolute Gasteiger partial charge is 0.378 e. The number of rotatable bonds is 2. The molecule has 0 bridgehead atoms. The molecule has 0 atom stereocenters. The molecule has 1 aromatic heterocycles. The Bertz CT molecular complexity index is 379. The molecule has 1 rings (SSSR count). The van der Waals surface area contributed by atoms with Crippen LogP contribution < -0.4 is 0 Å². The number of carbonyl (C=O) groups is 1. The van der Waals surface area contributed by atoms with Crippen LogP contribution in [0.25, 0.3) is 0 Å². The Hall–Kier alpha value is -1.50. The van der Waals surface area contributed by atoms with Crippen LogP contribution >= 0.6 is 15.9 Å². The van der Waals surface area contributed by atoms with Gasteiger partial charge in [-0.05, 0) is 31.9 Å². The molecule has 0 fully saturated rings. The second-order valence-corrected chi connectivity index (χ2v) is 3.00. The topological polar surface area (TPSA) is 93.3 Å². The van der Waals surface area contributed by atoms with Crippen LogP contribution in [0.2, 0.25) is 0 Å². The van der Waals surface area contributed by atoms with Crippen LogP contribution in [0.3, 0.4) is 0 Å². The monoisotopic (exact) mass is 246 g/mol. The average molecular weight is 247 g/mol. The van der Waals surface area contributed by atoms with Crippen LogP contribution in [-0.2, 0) is 0 Å². The van der Waals surface area contributed by atoms with Gasteiger partial charge < -0.3 is 15.2 Å². The lowest BCUT2D eigenvalue weighted by Gasteiger charge is -1.96. The largest absolute Gasteiger partial charge is 0.477 e. The first-order chi connectivity index (χ1) is 6.02. The van der Waals surface area contributed by atoms with Crippen molar-refractivity contribution in [3.63, 3.8) is 0 Å². The van der Waals surface area contributed by atoms with Crippen molar-refractivity contribution in [2.24, 2.45) is 0 Å². The van der Waals surface area contributed by atoms with Crippen molar-refractivity contribution >= 4 is 27.7 Å². The lowest BCUT2D eigenvalue weighted by Crippen LogP contribution is -2.04. The minimum Gasteiger partial charge on any atom is -0.477 e. The molecule has 0 unspecified atom stereocenters. The molecule has 1 N–H and O–H groups in total. The standard InChI is InChI=1S/C6H3BrN2O4/c7-3-1-4(6(10)11)5(8-2-3)9(12)13/h1-2H,(H,10,11). The number of nitro groups is 1. The first-order valence-corrected chi connectivity index (χ1v) is 3.85. The SMILES string of the molecule is O=C(O)c1cc(Br)cnc1[N+](=O)[O-]. The van der Waals surface area contributed by atoms with Crippen LogP contribution in [0.5, 0.6) is 0 Å². The molecule has 0 aromatic carbocycles. The highest BCUT2D eigenvalue weighted by atomic mass is 79.9. The van der Waals surface area contributed by atoms with E-state index in [-0.39, 0.29) is 0 Å². The Morgan fingerprint density at radius 2 is 2.31 bits per heavy atom. The third-order valence-corrected chi connectivity index (χ3v) is 1.67. The van der Waals surface area contributed by atoms with Crippen molar-refractivity contribution in [2.45, 2.75) is 0 Å². The summed E-state index contributed by atoms with van der Waals surface area (Å²) in [5, 5.41) is 18.9. The molecule has 13 heavy (non-hydrogen) atoms. The molecule has 0 aliphatic heterocycles. The third kappa shape index (κ3) is 2.00. The van der Waals surface area contributed by atoms with Crippen molar-refractivity contribution in [3.05, 3.63) is 32.4 Å². The zero-order valence-electron chi connectivity index (χ0n) is 6.10. The lowest BCUT2D eigenvalue weighted by atomic mass is 10.2. The molecule has 0 spiro atoms. The van der Waals surface area contributed by atoms with Gasteiger partial charge in [-0.15, -0.1) is 0 Å². The Balaban J connectivity index is 3.35. The van der Waals surface area contributed by atoms with Gasteiger partial charge in [-0.25, -0.2) is 4.79 Å². The van der Waals surface area contributed by atoms with Gasteiger partial charge in [0.15, 0.2) is 11.8 Å². The van der Waals surface area contributed by atoms with Crippen molar-refractivity contribution in [1.82, 2.24) is 4.98 Å². The Kier molecular flexibility index (Phi) is 2.57. The number of nitrogens with zero attached hydrogens (tertiary/aromatic N) is 2. The molecule has 68 valence electrons. The van der Waals surface area contributed by atoms with Gasteiger partial charge in [0, 0.05) is 0 Å². The van der Waals surface area contributed by atoms with E-state index in [9.17, 15) is 14.9 Å². The number of carboxylic acid groups (broad SMARTS) is 1. The van der Waals surface area contributed by atoms with Gasteiger partial charge in [0.1, 0.15) is 0 Å². The summed E-state index contributed by atoms with van der Waals surface area (Å²) < 4.78 is 0.385. The predicted octanol–water partition coefficient (Wildman–Crippen LogP) is 1.45. The number of pyridine rings is 1. The van der Waals surface area contributed by atoms with E-state index in [4.69, 9.17) is 5.11 Å². The van der Waals surface area contributed by atoms with E-state index >= 15 is 0 Å². The average Bonchev–Trinajstić information content (AvgIpc) is 2.03. The molecule has 0 aliphatic rings. The summed E-state index contributed by atoms with van der Waals surface area (Å²) in [7, 11) is 0. The number of hydrogen-bond donors (Lipinski definition) is 1. The third-order valence-electron chi connectivity index (χ3n) is 1.24. The van der Waals surface area contributed by atoms with E-state index in [1.54, 1.807) is 0 Å². The molecule has 0 saturated carbocycles.